The summed E-state index contributed by atoms with van der Waals surface area (Å²) >= 11 is 6.49. The topological polar surface area (TPSA) is 23.6 Å². The van der Waals surface area contributed by atoms with Gasteiger partial charge in [0.1, 0.15) is 5.82 Å². The van der Waals surface area contributed by atoms with Crippen LogP contribution in [0.25, 0.3) is 6.08 Å². The van der Waals surface area contributed by atoms with Crippen LogP contribution in [0, 0.1) is 5.82 Å². The predicted octanol–water partition coefficient (Wildman–Crippen LogP) is 6.00. The highest BCUT2D eigenvalue weighted by Crippen LogP contribution is 2.37. The molecule has 144 valence electrons. The first-order chi connectivity index (χ1) is 14.0. The molecule has 0 aliphatic carbocycles. The van der Waals surface area contributed by atoms with Gasteiger partial charge >= 0.3 is 0 Å². The summed E-state index contributed by atoms with van der Waals surface area (Å²) in [5, 5.41) is 0. The van der Waals surface area contributed by atoms with E-state index < -0.39 is 5.82 Å². The van der Waals surface area contributed by atoms with Crippen molar-refractivity contribution in [1.29, 1.82) is 0 Å². The number of rotatable bonds is 4. The van der Waals surface area contributed by atoms with Gasteiger partial charge < -0.3 is 4.90 Å². The molecule has 3 aromatic carbocycles. The van der Waals surface area contributed by atoms with Crippen molar-refractivity contribution in [1.82, 2.24) is 0 Å². The molecule has 0 aromatic heterocycles. The van der Waals surface area contributed by atoms with Crippen molar-refractivity contribution in [3.8, 4) is 0 Å². The molecule has 29 heavy (non-hydrogen) atoms. The number of hydrogen-bond donors (Lipinski definition) is 0. The van der Waals surface area contributed by atoms with Gasteiger partial charge in [0.05, 0.1) is 10.6 Å². The normalized spacial score (nSPS) is 15.2. The molecule has 0 N–H and O–H groups in total. The highest BCUT2D eigenvalue weighted by molar-refractivity contribution is 8.27. The van der Waals surface area contributed by atoms with Crippen molar-refractivity contribution in [2.45, 2.75) is 0 Å². The van der Waals surface area contributed by atoms with Gasteiger partial charge in [-0.3, -0.25) is 9.69 Å². The van der Waals surface area contributed by atoms with E-state index in [1.54, 1.807) is 24.3 Å². The summed E-state index contributed by atoms with van der Waals surface area (Å²) in [5.74, 6) is -0.783. The average molecular weight is 421 g/mol. The maximum atomic E-state index is 14.1. The molecule has 1 aliphatic rings. The molecule has 1 saturated heterocycles. The van der Waals surface area contributed by atoms with Crippen LogP contribution in [-0.4, -0.2) is 17.3 Å². The lowest BCUT2D eigenvalue weighted by Crippen LogP contribution is -2.28. The van der Waals surface area contributed by atoms with E-state index in [2.05, 4.69) is 4.90 Å². The van der Waals surface area contributed by atoms with E-state index in [0.717, 1.165) is 16.9 Å². The minimum atomic E-state index is -0.474. The van der Waals surface area contributed by atoms with E-state index in [4.69, 9.17) is 12.2 Å². The molecule has 6 heteroatoms. The Morgan fingerprint density at radius 3 is 2.24 bits per heavy atom. The number of amides is 1. The third-order valence-corrected chi connectivity index (χ3v) is 5.91. The molecule has 0 radical (unpaired) electrons. The number of thioether (sulfide) groups is 1. The average Bonchev–Trinajstić information content (AvgIpc) is 3.02. The van der Waals surface area contributed by atoms with Crippen molar-refractivity contribution in [3.05, 3.63) is 95.1 Å². The van der Waals surface area contributed by atoms with Crippen LogP contribution < -0.4 is 9.80 Å². The van der Waals surface area contributed by atoms with Crippen LogP contribution in [0.4, 0.5) is 21.5 Å². The molecule has 0 saturated carbocycles. The van der Waals surface area contributed by atoms with Gasteiger partial charge in [0.15, 0.2) is 4.32 Å². The molecule has 3 nitrogen and oxygen atoms in total. The zero-order valence-electron chi connectivity index (χ0n) is 15.6. The van der Waals surface area contributed by atoms with Gasteiger partial charge in [-0.1, -0.05) is 66.4 Å². The van der Waals surface area contributed by atoms with Crippen LogP contribution in [0.5, 0.6) is 0 Å². The summed E-state index contributed by atoms with van der Waals surface area (Å²) in [6, 6.07) is 24.1. The lowest BCUT2D eigenvalue weighted by molar-refractivity contribution is -0.113. The molecule has 1 amide bonds. The van der Waals surface area contributed by atoms with Gasteiger partial charge in [-0.15, -0.1) is 0 Å². The van der Waals surface area contributed by atoms with E-state index in [1.807, 2.05) is 61.6 Å². The lowest BCUT2D eigenvalue weighted by Gasteiger charge is -2.19. The molecule has 4 rings (SSSR count). The van der Waals surface area contributed by atoms with Crippen molar-refractivity contribution in [2.75, 3.05) is 16.8 Å². The molecule has 1 aliphatic heterocycles. The second kappa shape index (κ2) is 8.19. The molecule has 0 spiro atoms. The summed E-state index contributed by atoms with van der Waals surface area (Å²) in [7, 11) is 2.00. The van der Waals surface area contributed by atoms with Crippen molar-refractivity contribution in [2.24, 2.45) is 0 Å². The number of carbonyl (C=O) groups excluding carboxylic acids is 1. The second-order valence-electron chi connectivity index (χ2n) is 6.45. The van der Waals surface area contributed by atoms with Gasteiger partial charge in [0, 0.05) is 18.4 Å². The molecular weight excluding hydrogens is 403 g/mol. The molecule has 0 atom stereocenters. The number of thiocarbonyl (C=S) groups is 1. The Labute approximate surface area is 178 Å². The Hall–Kier alpha value is -2.96. The number of carbonyl (C=O) groups is 1. The fourth-order valence-corrected chi connectivity index (χ4v) is 4.34. The fourth-order valence-electron chi connectivity index (χ4n) is 3.05. The summed E-state index contributed by atoms with van der Waals surface area (Å²) in [6.45, 7) is 0. The summed E-state index contributed by atoms with van der Waals surface area (Å²) < 4.78 is 14.4. The van der Waals surface area contributed by atoms with Gasteiger partial charge in [0.25, 0.3) is 5.91 Å². The molecule has 1 heterocycles. The van der Waals surface area contributed by atoms with Crippen molar-refractivity contribution >= 4 is 57.3 Å². The number of nitrogens with zero attached hydrogens (tertiary/aromatic N) is 2. The number of hydrogen-bond acceptors (Lipinski definition) is 4. The Morgan fingerprint density at radius 2 is 1.55 bits per heavy atom. The second-order valence-corrected chi connectivity index (χ2v) is 8.13. The minimum absolute atomic E-state index is 0.179. The largest absolute Gasteiger partial charge is 0.345 e. The zero-order valence-corrected chi connectivity index (χ0v) is 17.2. The smallest absolute Gasteiger partial charge is 0.270 e. The fraction of sp³-hybridized carbons (Fsp3) is 0.0435. The monoisotopic (exact) mass is 420 g/mol. The molecule has 3 aromatic rings. The van der Waals surface area contributed by atoms with Crippen LogP contribution in [0.1, 0.15) is 5.56 Å². The molecule has 0 bridgehead atoms. The maximum absolute atomic E-state index is 14.1. The number of anilines is 3. The Morgan fingerprint density at radius 1 is 0.931 bits per heavy atom. The highest BCUT2D eigenvalue weighted by Gasteiger charge is 2.34. The van der Waals surface area contributed by atoms with Gasteiger partial charge in [-0.2, -0.15) is 0 Å². The van der Waals surface area contributed by atoms with Crippen LogP contribution >= 0.6 is 24.0 Å². The third kappa shape index (κ3) is 3.95. The van der Waals surface area contributed by atoms with Gasteiger partial charge in [0.2, 0.25) is 0 Å². The van der Waals surface area contributed by atoms with Crippen LogP contribution in [0.15, 0.2) is 83.8 Å². The first kappa shape index (κ1) is 19.4. The van der Waals surface area contributed by atoms with Gasteiger partial charge in [-0.05, 0) is 48.0 Å². The summed E-state index contributed by atoms with van der Waals surface area (Å²) in [5.41, 5.74) is 3.18. The first-order valence-corrected chi connectivity index (χ1v) is 10.2. The molecular formula is C23H17FN2OS2. The molecule has 0 unspecified atom stereocenters. The first-order valence-electron chi connectivity index (χ1n) is 8.96. The number of halogens is 1. The van der Waals surface area contributed by atoms with Crippen LogP contribution in [0.2, 0.25) is 0 Å². The quantitative estimate of drug-likeness (QED) is 0.382. The predicted molar refractivity (Wildman–Crippen MR) is 123 cm³/mol. The number of benzene rings is 3. The summed E-state index contributed by atoms with van der Waals surface area (Å²) in [4.78, 5) is 16.6. The highest BCUT2D eigenvalue weighted by atomic mass is 32.2. The third-order valence-electron chi connectivity index (χ3n) is 4.61. The van der Waals surface area contributed by atoms with E-state index >= 15 is 0 Å². The van der Waals surface area contributed by atoms with E-state index in [-0.39, 0.29) is 11.6 Å². The van der Waals surface area contributed by atoms with Crippen molar-refractivity contribution in [3.63, 3.8) is 0 Å². The Balaban J connectivity index is 1.56. The maximum Gasteiger partial charge on any atom is 0.270 e. The SMILES string of the molecule is CN(c1ccccc1)c1ccc(C=C2SC(=S)N(c3ccccc3F)C2=O)cc1. The zero-order chi connectivity index (χ0) is 20.4. The van der Waals surface area contributed by atoms with E-state index in [0.29, 0.717) is 9.23 Å². The van der Waals surface area contributed by atoms with E-state index in [9.17, 15) is 9.18 Å². The van der Waals surface area contributed by atoms with Crippen LogP contribution in [-0.2, 0) is 4.79 Å². The minimum Gasteiger partial charge on any atom is -0.345 e. The Kier molecular flexibility index (Phi) is 5.47. The number of para-hydroxylation sites is 2. The summed E-state index contributed by atoms with van der Waals surface area (Å²) in [6.07, 6.45) is 1.78. The van der Waals surface area contributed by atoms with Crippen molar-refractivity contribution < 1.29 is 9.18 Å². The molecule has 1 fully saturated rings. The Bertz CT molecular complexity index is 1100. The lowest BCUT2D eigenvalue weighted by atomic mass is 10.1. The van der Waals surface area contributed by atoms with Gasteiger partial charge in [-0.25, -0.2) is 4.39 Å². The van der Waals surface area contributed by atoms with E-state index in [1.165, 1.54) is 22.7 Å². The van der Waals surface area contributed by atoms with Crippen LogP contribution in [0.3, 0.4) is 0 Å². The standard InChI is InChI=1S/C23H17FN2OS2/c1-25(17-7-3-2-4-8-17)18-13-11-16(12-14-18)15-21-22(27)26(23(28)29-21)20-10-6-5-9-19(20)24/h2-15H,1H3.